The van der Waals surface area contributed by atoms with Crippen LogP contribution in [0.15, 0.2) is 17.6 Å². The molecule has 2 amide bonds. The maximum atomic E-state index is 11.6. The molecular weight excluding hydrogens is 250 g/mol. The predicted molar refractivity (Wildman–Crippen MR) is 69.9 cm³/mol. The average Bonchev–Trinajstić information content (AvgIpc) is 2.88. The molecule has 2 aromatic rings. The summed E-state index contributed by atoms with van der Waals surface area (Å²) in [5.41, 5.74) is 1.10. The molecule has 1 saturated carbocycles. The normalized spacial score (nSPS) is 15.1. The number of hydrogen-bond acceptors (Lipinski definition) is 4. The van der Waals surface area contributed by atoms with Crippen LogP contribution in [-0.2, 0) is 0 Å². The Morgan fingerprint density at radius 3 is 3.00 bits per heavy atom. The van der Waals surface area contributed by atoms with Crippen LogP contribution >= 0.6 is 11.3 Å². The van der Waals surface area contributed by atoms with E-state index in [1.165, 1.54) is 30.6 Å². The van der Waals surface area contributed by atoms with Crippen molar-refractivity contribution in [2.45, 2.75) is 25.2 Å². The van der Waals surface area contributed by atoms with Crippen LogP contribution in [0.5, 0.6) is 0 Å². The lowest BCUT2D eigenvalue weighted by atomic mass is 9.83. The monoisotopic (exact) mass is 263 g/mol. The molecule has 3 rings (SSSR count). The second-order valence-corrected chi connectivity index (χ2v) is 5.11. The van der Waals surface area contributed by atoms with Gasteiger partial charge in [-0.15, -0.1) is 11.3 Å². The number of anilines is 2. The first kappa shape index (κ1) is 11.2. The van der Waals surface area contributed by atoms with Crippen molar-refractivity contribution in [3.63, 3.8) is 0 Å². The highest BCUT2D eigenvalue weighted by atomic mass is 32.1. The summed E-state index contributed by atoms with van der Waals surface area (Å²) < 4.78 is 0. The molecular formula is C11H13N5OS. The van der Waals surface area contributed by atoms with E-state index < -0.39 is 0 Å². The number of rotatable bonds is 3. The van der Waals surface area contributed by atoms with Gasteiger partial charge >= 0.3 is 6.03 Å². The Balaban J connectivity index is 1.58. The number of hydrogen-bond donors (Lipinski definition) is 3. The third kappa shape index (κ3) is 2.35. The number of aromatic nitrogens is 3. The Bertz CT molecular complexity index is 531. The third-order valence-corrected chi connectivity index (χ3v) is 3.79. The molecule has 7 heteroatoms. The molecule has 94 valence electrons. The number of urea groups is 1. The number of carbonyl (C=O) groups is 1. The van der Waals surface area contributed by atoms with E-state index >= 15 is 0 Å². The minimum atomic E-state index is -0.311. The molecule has 18 heavy (non-hydrogen) atoms. The predicted octanol–water partition coefficient (Wildman–Crippen LogP) is 2.78. The van der Waals surface area contributed by atoms with Gasteiger partial charge in [0, 0.05) is 17.4 Å². The molecule has 0 spiro atoms. The van der Waals surface area contributed by atoms with E-state index in [0.717, 1.165) is 5.69 Å². The first-order valence-electron chi connectivity index (χ1n) is 5.84. The van der Waals surface area contributed by atoms with Crippen LogP contribution in [0.3, 0.4) is 0 Å². The fraction of sp³-hybridized carbons (Fsp3) is 0.364. The number of nitrogens with zero attached hydrogens (tertiary/aromatic N) is 2. The Labute approximate surface area is 108 Å². The zero-order valence-corrected chi connectivity index (χ0v) is 10.5. The molecule has 0 radical (unpaired) electrons. The topological polar surface area (TPSA) is 82.7 Å². The first-order chi connectivity index (χ1) is 8.81. The zero-order chi connectivity index (χ0) is 12.4. The second-order valence-electron chi connectivity index (χ2n) is 4.25. The largest absolute Gasteiger partial charge is 0.326 e. The van der Waals surface area contributed by atoms with Crippen molar-refractivity contribution in [1.82, 2.24) is 15.2 Å². The zero-order valence-electron chi connectivity index (χ0n) is 9.64. The highest BCUT2D eigenvalue weighted by molar-refractivity contribution is 7.13. The van der Waals surface area contributed by atoms with Gasteiger partial charge in [0.2, 0.25) is 0 Å². The maximum Gasteiger partial charge on any atom is 0.326 e. The van der Waals surface area contributed by atoms with E-state index in [-0.39, 0.29) is 6.03 Å². The number of aromatic amines is 1. The molecule has 0 aromatic carbocycles. The third-order valence-electron chi connectivity index (χ3n) is 3.01. The molecule has 1 aliphatic carbocycles. The molecule has 0 bridgehead atoms. The van der Waals surface area contributed by atoms with Gasteiger partial charge in [-0.25, -0.2) is 9.78 Å². The van der Waals surface area contributed by atoms with Crippen molar-refractivity contribution in [3.8, 4) is 0 Å². The van der Waals surface area contributed by atoms with Crippen molar-refractivity contribution in [2.24, 2.45) is 0 Å². The SMILES string of the molecule is O=C(Nc1ccn[nH]1)Nc1nc(C2CCC2)cs1. The molecule has 1 aliphatic rings. The molecule has 6 nitrogen and oxygen atoms in total. The van der Waals surface area contributed by atoms with Crippen molar-refractivity contribution >= 4 is 28.3 Å². The van der Waals surface area contributed by atoms with E-state index in [2.05, 4.69) is 25.8 Å². The summed E-state index contributed by atoms with van der Waals surface area (Å²) in [5.74, 6) is 1.15. The Morgan fingerprint density at radius 2 is 2.33 bits per heavy atom. The van der Waals surface area contributed by atoms with Crippen molar-refractivity contribution < 1.29 is 4.79 Å². The van der Waals surface area contributed by atoms with E-state index in [1.807, 2.05) is 5.38 Å². The number of carbonyl (C=O) groups excluding carboxylic acids is 1. The highest BCUT2D eigenvalue weighted by Crippen LogP contribution is 2.37. The lowest BCUT2D eigenvalue weighted by Crippen LogP contribution is -2.19. The van der Waals surface area contributed by atoms with Crippen molar-refractivity contribution in [1.29, 1.82) is 0 Å². The molecule has 0 saturated heterocycles. The van der Waals surface area contributed by atoms with E-state index in [9.17, 15) is 4.79 Å². The number of H-pyrrole nitrogens is 1. The summed E-state index contributed by atoms with van der Waals surface area (Å²) in [6.45, 7) is 0. The van der Waals surface area contributed by atoms with Crippen LogP contribution in [0.1, 0.15) is 30.9 Å². The Morgan fingerprint density at radius 1 is 1.44 bits per heavy atom. The summed E-state index contributed by atoms with van der Waals surface area (Å²) in [6, 6.07) is 1.37. The lowest BCUT2D eigenvalue weighted by molar-refractivity contribution is 0.262. The molecule has 2 aromatic heterocycles. The summed E-state index contributed by atoms with van der Waals surface area (Å²) in [5, 5.41) is 14.4. The Hall–Kier alpha value is -1.89. The van der Waals surface area contributed by atoms with Crippen LogP contribution in [0.4, 0.5) is 15.7 Å². The van der Waals surface area contributed by atoms with Crippen LogP contribution in [0.2, 0.25) is 0 Å². The number of thiazole rings is 1. The number of nitrogens with one attached hydrogen (secondary N) is 3. The van der Waals surface area contributed by atoms with Gasteiger partial charge in [-0.3, -0.25) is 15.7 Å². The fourth-order valence-corrected chi connectivity index (χ4v) is 2.60. The van der Waals surface area contributed by atoms with E-state index in [4.69, 9.17) is 0 Å². The van der Waals surface area contributed by atoms with Gasteiger partial charge < -0.3 is 0 Å². The minimum absolute atomic E-state index is 0.311. The van der Waals surface area contributed by atoms with Gasteiger partial charge in [0.05, 0.1) is 11.9 Å². The standard InChI is InChI=1S/C11H13N5OS/c17-10(14-9-4-5-12-16-9)15-11-13-8(6-18-11)7-2-1-3-7/h4-7H,1-3H2,(H3,12,13,14,15,16,17). The van der Waals surface area contributed by atoms with Crippen molar-refractivity contribution in [2.75, 3.05) is 10.6 Å². The quantitative estimate of drug-likeness (QED) is 0.796. The van der Waals surface area contributed by atoms with Gasteiger partial charge in [0.15, 0.2) is 5.13 Å². The fourth-order valence-electron chi connectivity index (χ4n) is 1.81. The minimum Gasteiger partial charge on any atom is -0.292 e. The first-order valence-corrected chi connectivity index (χ1v) is 6.72. The molecule has 0 unspecified atom stereocenters. The second kappa shape index (κ2) is 4.77. The number of amides is 2. The van der Waals surface area contributed by atoms with E-state index in [1.54, 1.807) is 12.3 Å². The Kier molecular flexibility index (Phi) is 2.97. The van der Waals surface area contributed by atoms with Crippen LogP contribution in [0.25, 0.3) is 0 Å². The van der Waals surface area contributed by atoms with Gasteiger partial charge in [-0.1, -0.05) is 6.42 Å². The van der Waals surface area contributed by atoms with Gasteiger partial charge in [-0.2, -0.15) is 5.10 Å². The van der Waals surface area contributed by atoms with Crippen LogP contribution in [0, 0.1) is 0 Å². The molecule has 3 N–H and O–H groups in total. The smallest absolute Gasteiger partial charge is 0.292 e. The molecule has 0 aliphatic heterocycles. The maximum absolute atomic E-state index is 11.6. The van der Waals surface area contributed by atoms with Gasteiger partial charge in [0.25, 0.3) is 0 Å². The highest BCUT2D eigenvalue weighted by Gasteiger charge is 2.22. The molecule has 1 fully saturated rings. The molecule has 2 heterocycles. The van der Waals surface area contributed by atoms with Gasteiger partial charge in [-0.05, 0) is 12.8 Å². The van der Waals surface area contributed by atoms with Crippen molar-refractivity contribution in [3.05, 3.63) is 23.3 Å². The van der Waals surface area contributed by atoms with E-state index in [0.29, 0.717) is 16.9 Å². The van der Waals surface area contributed by atoms with Gasteiger partial charge in [0.1, 0.15) is 5.82 Å². The summed E-state index contributed by atoms with van der Waals surface area (Å²) in [6.07, 6.45) is 5.28. The summed E-state index contributed by atoms with van der Waals surface area (Å²) >= 11 is 1.46. The lowest BCUT2D eigenvalue weighted by Gasteiger charge is -2.22. The summed E-state index contributed by atoms with van der Waals surface area (Å²) in [7, 11) is 0. The van der Waals surface area contributed by atoms with Crippen LogP contribution in [-0.4, -0.2) is 21.2 Å². The summed E-state index contributed by atoms with van der Waals surface area (Å²) in [4.78, 5) is 16.1. The van der Waals surface area contributed by atoms with Crippen LogP contribution < -0.4 is 10.6 Å². The average molecular weight is 263 g/mol. The molecule has 0 atom stereocenters.